The number of halogens is 1. The van der Waals surface area contributed by atoms with Crippen LogP contribution in [-0.4, -0.2) is 11.7 Å². The largest absolute Gasteiger partial charge is 0.322 e. The molecule has 3 nitrogen and oxygen atoms in total. The van der Waals surface area contributed by atoms with Gasteiger partial charge in [0.1, 0.15) is 0 Å². The fourth-order valence-corrected chi connectivity index (χ4v) is 5.57. The molecule has 4 heteroatoms. The molecule has 0 spiro atoms. The van der Waals surface area contributed by atoms with Crippen molar-refractivity contribution < 1.29 is 9.59 Å². The van der Waals surface area contributed by atoms with Crippen molar-refractivity contribution in [1.82, 2.24) is 0 Å². The Morgan fingerprint density at radius 3 is 2.39 bits per heavy atom. The Morgan fingerprint density at radius 2 is 1.56 bits per heavy atom. The van der Waals surface area contributed by atoms with E-state index in [1.807, 2.05) is 12.1 Å². The fourth-order valence-electron chi connectivity index (χ4n) is 5.35. The van der Waals surface area contributed by atoms with E-state index in [1.54, 1.807) is 48.5 Å². The van der Waals surface area contributed by atoms with Crippen molar-refractivity contribution in [3.05, 3.63) is 133 Å². The van der Waals surface area contributed by atoms with Crippen molar-refractivity contribution in [2.45, 2.75) is 25.7 Å². The summed E-state index contributed by atoms with van der Waals surface area (Å²) in [6.45, 7) is 0. The number of rotatable bonds is 4. The lowest BCUT2D eigenvalue weighted by Gasteiger charge is -2.17. The summed E-state index contributed by atoms with van der Waals surface area (Å²) in [7, 11) is 0. The highest BCUT2D eigenvalue weighted by atomic mass is 35.5. The average Bonchev–Trinajstić information content (AvgIpc) is 2.92. The average molecular weight is 490 g/mol. The zero-order valence-electron chi connectivity index (χ0n) is 19.7. The predicted octanol–water partition coefficient (Wildman–Crippen LogP) is 5.56. The van der Waals surface area contributed by atoms with E-state index in [0.717, 1.165) is 29.7 Å². The number of hydrogen-bond donors (Lipinski definition) is 1. The highest BCUT2D eigenvalue weighted by Crippen LogP contribution is 2.20. The number of hydrogen-bond acceptors (Lipinski definition) is 2. The minimum absolute atomic E-state index is 0.0261. The standard InChI is InChI=1S/C32H24ClNO2/c33-30-11-4-3-8-29(30)32(36)34-22-15-12-21(13-16-22)31(35)28-10-5-9-24-26-17-14-20-6-1-2-7-23(20)25(26)18-19-27(24)28/h3-6,8-17,19H,1-2,7,18H2,(H,34,36). The Hall–Kier alpha value is -3.95. The third-order valence-electron chi connectivity index (χ3n) is 7.14. The molecule has 4 aromatic carbocycles. The van der Waals surface area contributed by atoms with Crippen LogP contribution in [0.5, 0.6) is 0 Å². The lowest BCUT2D eigenvalue weighted by Crippen LogP contribution is -2.23. The van der Waals surface area contributed by atoms with Gasteiger partial charge in [0.25, 0.3) is 5.91 Å². The van der Waals surface area contributed by atoms with Crippen LogP contribution >= 0.6 is 11.6 Å². The fraction of sp³-hybridized carbons (Fsp3) is 0.125. The van der Waals surface area contributed by atoms with Crippen molar-refractivity contribution >= 4 is 41.1 Å². The first-order valence-corrected chi connectivity index (χ1v) is 12.6. The van der Waals surface area contributed by atoms with E-state index in [-0.39, 0.29) is 11.7 Å². The molecule has 2 aliphatic rings. The van der Waals surface area contributed by atoms with Gasteiger partial charge in [-0.1, -0.05) is 66.2 Å². The number of amides is 1. The van der Waals surface area contributed by atoms with E-state index >= 15 is 0 Å². The number of nitrogens with one attached hydrogen (secondary N) is 1. The molecule has 0 bridgehead atoms. The van der Waals surface area contributed by atoms with Crippen molar-refractivity contribution in [3.8, 4) is 0 Å². The molecule has 0 heterocycles. The third kappa shape index (κ3) is 3.96. The lowest BCUT2D eigenvalue weighted by molar-refractivity contribution is 0.102. The number of benzene rings is 4. The topological polar surface area (TPSA) is 46.2 Å². The molecule has 176 valence electrons. The van der Waals surface area contributed by atoms with Crippen LogP contribution in [0.2, 0.25) is 5.02 Å². The molecule has 0 saturated heterocycles. The molecule has 6 rings (SSSR count). The van der Waals surface area contributed by atoms with Crippen LogP contribution in [0.25, 0.3) is 12.2 Å². The molecule has 36 heavy (non-hydrogen) atoms. The van der Waals surface area contributed by atoms with E-state index in [9.17, 15) is 9.59 Å². The van der Waals surface area contributed by atoms with Gasteiger partial charge in [0.05, 0.1) is 10.6 Å². The summed E-state index contributed by atoms with van der Waals surface area (Å²) in [6, 6.07) is 24.4. The SMILES string of the molecule is O=C(Nc1ccc(C(=O)c2cccc3c2=CCc2c4c(ccc2=3)=CCCC4)cc1)c1ccccc1Cl. The predicted molar refractivity (Wildman–Crippen MR) is 145 cm³/mol. The van der Waals surface area contributed by atoms with E-state index in [4.69, 9.17) is 11.6 Å². The molecular weight excluding hydrogens is 466 g/mol. The minimum Gasteiger partial charge on any atom is -0.322 e. The monoisotopic (exact) mass is 489 g/mol. The molecule has 1 N–H and O–H groups in total. The van der Waals surface area contributed by atoms with Gasteiger partial charge in [-0.05, 0) is 94.1 Å². The first kappa shape index (κ1) is 22.5. The van der Waals surface area contributed by atoms with Gasteiger partial charge < -0.3 is 5.32 Å². The van der Waals surface area contributed by atoms with E-state index < -0.39 is 0 Å². The maximum absolute atomic E-state index is 13.5. The van der Waals surface area contributed by atoms with Gasteiger partial charge in [-0.2, -0.15) is 0 Å². The van der Waals surface area contributed by atoms with Crippen LogP contribution in [0.15, 0.2) is 78.9 Å². The maximum atomic E-state index is 13.5. The highest BCUT2D eigenvalue weighted by Gasteiger charge is 2.16. The van der Waals surface area contributed by atoms with Gasteiger partial charge in [0, 0.05) is 16.8 Å². The highest BCUT2D eigenvalue weighted by molar-refractivity contribution is 6.34. The second kappa shape index (κ2) is 9.25. The van der Waals surface area contributed by atoms with Gasteiger partial charge in [0.2, 0.25) is 0 Å². The molecular formula is C32H24ClNO2. The molecule has 0 fully saturated rings. The number of carbonyl (C=O) groups is 2. The molecule has 2 aliphatic carbocycles. The lowest BCUT2D eigenvalue weighted by atomic mass is 9.87. The van der Waals surface area contributed by atoms with Crippen molar-refractivity contribution in [3.63, 3.8) is 0 Å². The van der Waals surface area contributed by atoms with Crippen molar-refractivity contribution in [2.24, 2.45) is 0 Å². The maximum Gasteiger partial charge on any atom is 0.257 e. The molecule has 0 saturated carbocycles. The normalized spacial score (nSPS) is 13.4. The van der Waals surface area contributed by atoms with Gasteiger partial charge >= 0.3 is 0 Å². The van der Waals surface area contributed by atoms with Crippen molar-refractivity contribution in [2.75, 3.05) is 5.32 Å². The molecule has 0 aromatic heterocycles. The van der Waals surface area contributed by atoms with Gasteiger partial charge in [-0.3, -0.25) is 9.59 Å². The molecule has 0 unspecified atom stereocenters. The molecule has 0 aliphatic heterocycles. The summed E-state index contributed by atoms with van der Waals surface area (Å²) in [5.74, 6) is -0.313. The van der Waals surface area contributed by atoms with Crippen LogP contribution in [0.3, 0.4) is 0 Å². The molecule has 1 amide bonds. The summed E-state index contributed by atoms with van der Waals surface area (Å²) in [5, 5.41) is 7.98. The zero-order valence-corrected chi connectivity index (χ0v) is 20.4. The van der Waals surface area contributed by atoms with E-state index in [0.29, 0.717) is 27.4 Å². The first-order valence-electron chi connectivity index (χ1n) is 12.3. The Bertz CT molecular complexity index is 1750. The Labute approximate surface area is 214 Å². The Kier molecular flexibility index (Phi) is 5.79. The number of ketones is 1. The number of fused-ring (bicyclic) bond motifs is 4. The molecule has 4 aromatic rings. The molecule has 0 radical (unpaired) electrons. The van der Waals surface area contributed by atoms with Crippen LogP contribution in [-0.2, 0) is 12.8 Å². The summed E-state index contributed by atoms with van der Waals surface area (Å²) in [5.41, 5.74) is 5.17. The second-order valence-corrected chi connectivity index (χ2v) is 9.68. The van der Waals surface area contributed by atoms with Crippen molar-refractivity contribution in [1.29, 1.82) is 0 Å². The summed E-state index contributed by atoms with van der Waals surface area (Å²) < 4.78 is 0. The van der Waals surface area contributed by atoms with E-state index in [2.05, 4.69) is 35.7 Å². The smallest absolute Gasteiger partial charge is 0.257 e. The first-order chi connectivity index (χ1) is 17.6. The number of anilines is 1. The minimum atomic E-state index is -0.287. The quantitative estimate of drug-likeness (QED) is 0.381. The molecule has 0 atom stereocenters. The third-order valence-corrected chi connectivity index (χ3v) is 7.47. The van der Waals surface area contributed by atoms with Crippen LogP contribution in [0.1, 0.15) is 50.2 Å². The summed E-state index contributed by atoms with van der Waals surface area (Å²) in [4.78, 5) is 26.1. The summed E-state index contributed by atoms with van der Waals surface area (Å²) in [6.07, 6.45) is 8.86. The van der Waals surface area contributed by atoms with Crippen LogP contribution < -0.4 is 15.8 Å². The van der Waals surface area contributed by atoms with E-state index in [1.165, 1.54) is 28.0 Å². The van der Waals surface area contributed by atoms with Crippen LogP contribution in [0, 0.1) is 10.4 Å². The number of carbonyl (C=O) groups excluding carboxylic acids is 2. The second-order valence-electron chi connectivity index (χ2n) is 9.27. The summed E-state index contributed by atoms with van der Waals surface area (Å²) >= 11 is 6.13. The van der Waals surface area contributed by atoms with Gasteiger partial charge in [0.15, 0.2) is 5.78 Å². The van der Waals surface area contributed by atoms with Gasteiger partial charge in [-0.25, -0.2) is 0 Å². The Morgan fingerprint density at radius 1 is 0.750 bits per heavy atom. The van der Waals surface area contributed by atoms with Crippen LogP contribution in [0.4, 0.5) is 5.69 Å². The Balaban J connectivity index is 1.34. The zero-order chi connectivity index (χ0) is 24.6. The van der Waals surface area contributed by atoms with Gasteiger partial charge in [-0.15, -0.1) is 0 Å².